The van der Waals surface area contributed by atoms with E-state index < -0.39 is 5.60 Å². The molecule has 0 aromatic carbocycles. The Hall–Kier alpha value is -0.780. The molecule has 0 spiro atoms. The fourth-order valence-corrected chi connectivity index (χ4v) is 2.86. The maximum atomic E-state index is 11.7. The number of ether oxygens (including phenoxy) is 1. The van der Waals surface area contributed by atoms with E-state index in [2.05, 4.69) is 17.6 Å². The van der Waals surface area contributed by atoms with Crippen molar-refractivity contribution in [2.24, 2.45) is 0 Å². The first kappa shape index (κ1) is 18.3. The van der Waals surface area contributed by atoms with Crippen molar-refractivity contribution in [1.29, 1.82) is 0 Å². The number of hydrogen-bond donors (Lipinski definition) is 2. The lowest BCUT2D eigenvalue weighted by molar-refractivity contribution is 0.0521. The molecule has 0 radical (unpaired) electrons. The lowest BCUT2D eigenvalue weighted by Crippen LogP contribution is -2.42. The first-order valence-corrected chi connectivity index (χ1v) is 8.49. The van der Waals surface area contributed by atoms with Gasteiger partial charge in [0.05, 0.1) is 5.02 Å². The van der Waals surface area contributed by atoms with Crippen LogP contribution in [0.25, 0.3) is 0 Å². The van der Waals surface area contributed by atoms with Crippen LogP contribution in [0, 0.1) is 0 Å². The van der Waals surface area contributed by atoms with E-state index in [1.54, 1.807) is 11.3 Å². The largest absolute Gasteiger partial charge is 0.444 e. The summed E-state index contributed by atoms with van der Waals surface area (Å²) in [5, 5.41) is 8.97. The van der Waals surface area contributed by atoms with E-state index in [0.29, 0.717) is 6.54 Å². The van der Waals surface area contributed by atoms with Gasteiger partial charge < -0.3 is 15.4 Å². The maximum Gasteiger partial charge on any atom is 0.407 e. The predicted octanol–water partition coefficient (Wildman–Crippen LogP) is 4.18. The van der Waals surface area contributed by atoms with E-state index in [1.807, 2.05) is 32.2 Å². The Morgan fingerprint density at radius 3 is 2.71 bits per heavy atom. The third-order valence-electron chi connectivity index (χ3n) is 2.72. The molecule has 1 amide bonds. The molecule has 4 nitrogen and oxygen atoms in total. The van der Waals surface area contributed by atoms with Crippen LogP contribution >= 0.6 is 22.9 Å². The van der Waals surface area contributed by atoms with Crippen molar-refractivity contribution in [3.63, 3.8) is 0 Å². The summed E-state index contributed by atoms with van der Waals surface area (Å²) in [6.07, 6.45) is 1.68. The average Bonchev–Trinajstić information content (AvgIpc) is 2.76. The predicted molar refractivity (Wildman–Crippen MR) is 89.1 cm³/mol. The lowest BCUT2D eigenvalue weighted by atomic mass is 10.1. The monoisotopic (exact) mass is 332 g/mol. The molecule has 21 heavy (non-hydrogen) atoms. The van der Waals surface area contributed by atoms with Crippen molar-refractivity contribution in [2.45, 2.75) is 58.7 Å². The number of rotatable bonds is 7. The quantitative estimate of drug-likeness (QED) is 0.787. The van der Waals surface area contributed by atoms with Crippen LogP contribution in [0.3, 0.4) is 0 Å². The molecule has 0 saturated carbocycles. The standard InChI is InChI=1S/C15H25ClN2O2S/c1-5-6-12(8-18-14(19)20-15(2,3)4)17-9-13-7-11(16)10-21-13/h7,10,12,17H,5-6,8-9H2,1-4H3,(H,18,19). The van der Waals surface area contributed by atoms with Gasteiger partial charge in [-0.25, -0.2) is 4.79 Å². The Kier molecular flexibility index (Phi) is 7.49. The van der Waals surface area contributed by atoms with Crippen LogP contribution in [-0.2, 0) is 11.3 Å². The number of halogens is 1. The SMILES string of the molecule is CCCC(CNC(=O)OC(C)(C)C)NCc1cc(Cl)cs1. The Morgan fingerprint density at radius 1 is 1.48 bits per heavy atom. The Balaban J connectivity index is 2.37. The topological polar surface area (TPSA) is 50.4 Å². The minimum atomic E-state index is -0.467. The van der Waals surface area contributed by atoms with Gasteiger partial charge in [0.25, 0.3) is 0 Å². The third-order valence-corrected chi connectivity index (χ3v) is 4.00. The molecule has 1 aromatic heterocycles. The van der Waals surface area contributed by atoms with Crippen LogP contribution in [-0.4, -0.2) is 24.3 Å². The van der Waals surface area contributed by atoms with Crippen LogP contribution in [0.4, 0.5) is 4.79 Å². The van der Waals surface area contributed by atoms with Crippen LogP contribution in [0.15, 0.2) is 11.4 Å². The van der Waals surface area contributed by atoms with E-state index in [-0.39, 0.29) is 12.1 Å². The fourth-order valence-electron chi connectivity index (χ4n) is 1.84. The van der Waals surface area contributed by atoms with Crippen LogP contribution < -0.4 is 10.6 Å². The number of amides is 1. The van der Waals surface area contributed by atoms with E-state index in [9.17, 15) is 4.79 Å². The average molecular weight is 333 g/mol. The molecular formula is C15H25ClN2O2S. The van der Waals surface area contributed by atoms with Gasteiger partial charge in [0.15, 0.2) is 0 Å². The van der Waals surface area contributed by atoms with Gasteiger partial charge in [0, 0.05) is 29.4 Å². The number of carbonyl (C=O) groups is 1. The molecule has 2 N–H and O–H groups in total. The van der Waals surface area contributed by atoms with Crippen LogP contribution in [0.2, 0.25) is 5.02 Å². The van der Waals surface area contributed by atoms with E-state index in [4.69, 9.17) is 16.3 Å². The van der Waals surface area contributed by atoms with Gasteiger partial charge in [-0.1, -0.05) is 24.9 Å². The molecule has 0 saturated heterocycles. The molecule has 1 atom stereocenters. The van der Waals surface area contributed by atoms with E-state index in [0.717, 1.165) is 24.4 Å². The Labute approximate surface area is 136 Å². The van der Waals surface area contributed by atoms with Gasteiger partial charge >= 0.3 is 6.09 Å². The number of thiophene rings is 1. The van der Waals surface area contributed by atoms with Gasteiger partial charge in [-0.2, -0.15) is 0 Å². The maximum absolute atomic E-state index is 11.7. The summed E-state index contributed by atoms with van der Waals surface area (Å²) < 4.78 is 5.24. The highest BCUT2D eigenvalue weighted by molar-refractivity contribution is 7.10. The van der Waals surface area contributed by atoms with Crippen molar-refractivity contribution < 1.29 is 9.53 Å². The minimum absolute atomic E-state index is 0.225. The highest BCUT2D eigenvalue weighted by atomic mass is 35.5. The number of hydrogen-bond acceptors (Lipinski definition) is 4. The van der Waals surface area contributed by atoms with Crippen LogP contribution in [0.5, 0.6) is 0 Å². The highest BCUT2D eigenvalue weighted by Gasteiger charge is 2.17. The molecule has 1 heterocycles. The van der Waals surface area contributed by atoms with E-state index in [1.165, 1.54) is 4.88 Å². The zero-order chi connectivity index (χ0) is 15.9. The van der Waals surface area contributed by atoms with Crippen molar-refractivity contribution in [2.75, 3.05) is 6.54 Å². The number of carbonyl (C=O) groups excluding carboxylic acids is 1. The Bertz CT molecular complexity index is 443. The minimum Gasteiger partial charge on any atom is -0.444 e. The molecule has 0 aliphatic carbocycles. The molecule has 0 fully saturated rings. The normalized spacial score (nSPS) is 13.0. The number of alkyl carbamates (subject to hydrolysis) is 1. The zero-order valence-corrected chi connectivity index (χ0v) is 14.7. The van der Waals surface area contributed by atoms with Crippen molar-refractivity contribution >= 4 is 29.0 Å². The molecular weight excluding hydrogens is 308 g/mol. The molecule has 6 heteroatoms. The zero-order valence-electron chi connectivity index (χ0n) is 13.2. The van der Waals surface area contributed by atoms with Crippen LogP contribution in [0.1, 0.15) is 45.4 Å². The molecule has 1 rings (SSSR count). The summed E-state index contributed by atoms with van der Waals surface area (Å²) in [6.45, 7) is 9.02. The van der Waals surface area contributed by atoms with Gasteiger partial charge in [-0.15, -0.1) is 11.3 Å². The summed E-state index contributed by atoms with van der Waals surface area (Å²) in [5.74, 6) is 0. The van der Waals surface area contributed by atoms with Gasteiger partial charge in [0.2, 0.25) is 0 Å². The van der Waals surface area contributed by atoms with Crippen molar-refractivity contribution in [3.8, 4) is 0 Å². The molecule has 1 unspecified atom stereocenters. The van der Waals surface area contributed by atoms with Crippen molar-refractivity contribution in [1.82, 2.24) is 10.6 Å². The van der Waals surface area contributed by atoms with Gasteiger partial charge in [0.1, 0.15) is 5.60 Å². The second kappa shape index (κ2) is 8.61. The van der Waals surface area contributed by atoms with Gasteiger partial charge in [-0.05, 0) is 33.3 Å². The lowest BCUT2D eigenvalue weighted by Gasteiger charge is -2.22. The Morgan fingerprint density at radius 2 is 2.19 bits per heavy atom. The molecule has 120 valence electrons. The first-order chi connectivity index (χ1) is 9.80. The molecule has 0 bridgehead atoms. The second-order valence-electron chi connectivity index (χ2n) is 5.98. The summed E-state index contributed by atoms with van der Waals surface area (Å²) in [4.78, 5) is 12.9. The smallest absolute Gasteiger partial charge is 0.407 e. The summed E-state index contributed by atoms with van der Waals surface area (Å²) in [5.41, 5.74) is -0.467. The summed E-state index contributed by atoms with van der Waals surface area (Å²) in [6, 6.07) is 2.19. The second-order valence-corrected chi connectivity index (χ2v) is 7.41. The fraction of sp³-hybridized carbons (Fsp3) is 0.667. The highest BCUT2D eigenvalue weighted by Crippen LogP contribution is 2.19. The number of nitrogens with one attached hydrogen (secondary N) is 2. The van der Waals surface area contributed by atoms with Crippen molar-refractivity contribution in [3.05, 3.63) is 21.3 Å². The molecule has 0 aliphatic heterocycles. The molecule has 0 aliphatic rings. The van der Waals surface area contributed by atoms with Gasteiger partial charge in [-0.3, -0.25) is 0 Å². The summed E-state index contributed by atoms with van der Waals surface area (Å²) in [7, 11) is 0. The third kappa shape index (κ3) is 8.29. The van der Waals surface area contributed by atoms with E-state index >= 15 is 0 Å². The summed E-state index contributed by atoms with van der Waals surface area (Å²) >= 11 is 7.55. The first-order valence-electron chi connectivity index (χ1n) is 7.23. The molecule has 1 aromatic rings.